The van der Waals surface area contributed by atoms with Crippen LogP contribution in [0.1, 0.15) is 5.56 Å². The molecule has 0 atom stereocenters. The first-order valence-electron chi connectivity index (χ1n) is 5.54. The molecule has 0 aliphatic heterocycles. The Hall–Kier alpha value is -2.27. The Bertz CT molecular complexity index is 644. The highest BCUT2D eigenvalue weighted by Gasteiger charge is 2.09. The van der Waals surface area contributed by atoms with Gasteiger partial charge in [-0.05, 0) is 30.7 Å². The SMILES string of the molecule is Cc1ccc(Nc2cc(N)cc([N+](=O)[O-])c2)c(Cl)c1. The van der Waals surface area contributed by atoms with E-state index >= 15 is 0 Å². The van der Waals surface area contributed by atoms with Gasteiger partial charge in [-0.15, -0.1) is 0 Å². The Morgan fingerprint density at radius 2 is 2.00 bits per heavy atom. The van der Waals surface area contributed by atoms with Crippen molar-refractivity contribution in [3.63, 3.8) is 0 Å². The van der Waals surface area contributed by atoms with E-state index in [4.69, 9.17) is 17.3 Å². The van der Waals surface area contributed by atoms with Crippen LogP contribution >= 0.6 is 11.6 Å². The predicted octanol–water partition coefficient (Wildman–Crippen LogP) is 3.88. The van der Waals surface area contributed by atoms with E-state index in [9.17, 15) is 10.1 Å². The van der Waals surface area contributed by atoms with Crippen LogP contribution in [0.4, 0.5) is 22.7 Å². The minimum atomic E-state index is -0.488. The van der Waals surface area contributed by atoms with Gasteiger partial charge in [0.15, 0.2) is 0 Å². The summed E-state index contributed by atoms with van der Waals surface area (Å²) in [4.78, 5) is 10.3. The van der Waals surface area contributed by atoms with Crippen LogP contribution in [0.3, 0.4) is 0 Å². The van der Waals surface area contributed by atoms with Crippen molar-refractivity contribution in [2.24, 2.45) is 0 Å². The Labute approximate surface area is 115 Å². The van der Waals surface area contributed by atoms with E-state index in [1.807, 2.05) is 25.1 Å². The summed E-state index contributed by atoms with van der Waals surface area (Å²) in [5, 5.41) is 14.3. The zero-order valence-corrected chi connectivity index (χ0v) is 10.9. The predicted molar refractivity (Wildman–Crippen MR) is 77.0 cm³/mol. The van der Waals surface area contributed by atoms with Crippen LogP contribution in [0.5, 0.6) is 0 Å². The van der Waals surface area contributed by atoms with Crippen molar-refractivity contribution in [1.29, 1.82) is 0 Å². The molecule has 0 aromatic heterocycles. The van der Waals surface area contributed by atoms with E-state index in [1.54, 1.807) is 6.07 Å². The molecular weight excluding hydrogens is 266 g/mol. The molecule has 0 aliphatic rings. The van der Waals surface area contributed by atoms with Crippen molar-refractivity contribution < 1.29 is 4.92 Å². The molecule has 0 saturated heterocycles. The lowest BCUT2D eigenvalue weighted by atomic mass is 10.2. The zero-order valence-electron chi connectivity index (χ0n) is 10.2. The molecule has 2 aromatic rings. The standard InChI is InChI=1S/C13H12ClN3O2/c1-8-2-3-13(12(14)4-8)16-10-5-9(15)6-11(7-10)17(18)19/h2-7,16H,15H2,1H3. The fourth-order valence-corrected chi connectivity index (χ4v) is 1.97. The Morgan fingerprint density at radius 3 is 2.63 bits per heavy atom. The molecule has 6 heteroatoms. The van der Waals surface area contributed by atoms with E-state index in [2.05, 4.69) is 5.32 Å². The number of non-ortho nitro benzene ring substituents is 1. The lowest BCUT2D eigenvalue weighted by Crippen LogP contribution is -1.96. The number of halogens is 1. The number of hydrogen-bond donors (Lipinski definition) is 2. The maximum absolute atomic E-state index is 10.8. The van der Waals surface area contributed by atoms with Gasteiger partial charge < -0.3 is 11.1 Å². The lowest BCUT2D eigenvalue weighted by Gasteiger charge is -2.09. The number of nitro benzene ring substituents is 1. The average molecular weight is 278 g/mol. The summed E-state index contributed by atoms with van der Waals surface area (Å²) in [7, 11) is 0. The van der Waals surface area contributed by atoms with Gasteiger partial charge in [-0.1, -0.05) is 17.7 Å². The molecule has 3 N–H and O–H groups in total. The molecule has 19 heavy (non-hydrogen) atoms. The normalized spacial score (nSPS) is 10.2. The maximum Gasteiger partial charge on any atom is 0.273 e. The van der Waals surface area contributed by atoms with Crippen LogP contribution in [0.15, 0.2) is 36.4 Å². The summed E-state index contributed by atoms with van der Waals surface area (Å²) in [6, 6.07) is 9.85. The van der Waals surface area contributed by atoms with E-state index in [0.717, 1.165) is 5.56 Å². The molecule has 0 heterocycles. The molecule has 0 saturated carbocycles. The van der Waals surface area contributed by atoms with Crippen LogP contribution in [0.25, 0.3) is 0 Å². The number of rotatable bonds is 3. The first-order valence-corrected chi connectivity index (χ1v) is 5.91. The van der Waals surface area contributed by atoms with Crippen LogP contribution < -0.4 is 11.1 Å². The Morgan fingerprint density at radius 1 is 1.26 bits per heavy atom. The van der Waals surface area contributed by atoms with Gasteiger partial charge in [0.05, 0.1) is 15.6 Å². The molecule has 0 aliphatic carbocycles. The van der Waals surface area contributed by atoms with Gasteiger partial charge in [0, 0.05) is 23.5 Å². The molecule has 0 unspecified atom stereocenters. The minimum absolute atomic E-state index is 0.0641. The van der Waals surface area contributed by atoms with Crippen LogP contribution in [0.2, 0.25) is 5.02 Å². The zero-order chi connectivity index (χ0) is 14.0. The third kappa shape index (κ3) is 3.14. The number of nitrogens with one attached hydrogen (secondary N) is 1. The van der Waals surface area contributed by atoms with Gasteiger partial charge in [0.2, 0.25) is 0 Å². The number of aryl methyl sites for hydroxylation is 1. The smallest absolute Gasteiger partial charge is 0.273 e. The van der Waals surface area contributed by atoms with E-state index < -0.39 is 4.92 Å². The van der Waals surface area contributed by atoms with Crippen LogP contribution in [0, 0.1) is 17.0 Å². The Kier molecular flexibility index (Phi) is 3.57. The van der Waals surface area contributed by atoms with Crippen LogP contribution in [-0.2, 0) is 0 Å². The lowest BCUT2D eigenvalue weighted by molar-refractivity contribution is -0.384. The van der Waals surface area contributed by atoms with Gasteiger partial charge in [-0.2, -0.15) is 0 Å². The largest absolute Gasteiger partial charge is 0.398 e. The Balaban J connectivity index is 2.35. The van der Waals surface area contributed by atoms with Crippen molar-refractivity contribution in [2.45, 2.75) is 6.92 Å². The van der Waals surface area contributed by atoms with Crippen molar-refractivity contribution in [3.8, 4) is 0 Å². The second kappa shape index (κ2) is 5.16. The molecule has 5 nitrogen and oxygen atoms in total. The number of hydrogen-bond acceptors (Lipinski definition) is 4. The fraction of sp³-hybridized carbons (Fsp3) is 0.0769. The van der Waals surface area contributed by atoms with Gasteiger partial charge in [0.1, 0.15) is 0 Å². The second-order valence-electron chi connectivity index (χ2n) is 4.18. The summed E-state index contributed by atoms with van der Waals surface area (Å²) < 4.78 is 0. The number of nitrogen functional groups attached to an aromatic ring is 1. The fourth-order valence-electron chi connectivity index (χ4n) is 1.69. The first kappa shape index (κ1) is 13.2. The summed E-state index contributed by atoms with van der Waals surface area (Å²) >= 11 is 6.09. The highest BCUT2D eigenvalue weighted by atomic mass is 35.5. The number of anilines is 3. The maximum atomic E-state index is 10.8. The third-order valence-electron chi connectivity index (χ3n) is 2.55. The van der Waals surface area contributed by atoms with Crippen molar-refractivity contribution in [3.05, 3.63) is 57.1 Å². The monoisotopic (exact) mass is 277 g/mol. The third-order valence-corrected chi connectivity index (χ3v) is 2.87. The first-order chi connectivity index (χ1) is 8.95. The summed E-state index contributed by atoms with van der Waals surface area (Å²) in [6.45, 7) is 1.93. The van der Waals surface area contributed by atoms with Gasteiger partial charge >= 0.3 is 0 Å². The van der Waals surface area contributed by atoms with E-state index in [-0.39, 0.29) is 5.69 Å². The molecule has 98 valence electrons. The molecule has 0 fully saturated rings. The number of nitrogens with two attached hydrogens (primary N) is 1. The number of nitro groups is 1. The van der Waals surface area contributed by atoms with Crippen molar-refractivity contribution >= 4 is 34.4 Å². The number of benzene rings is 2. The molecule has 0 bridgehead atoms. The topological polar surface area (TPSA) is 81.2 Å². The molecule has 0 spiro atoms. The summed E-state index contributed by atoms with van der Waals surface area (Å²) in [6.07, 6.45) is 0. The van der Waals surface area contributed by atoms with Crippen molar-refractivity contribution in [1.82, 2.24) is 0 Å². The van der Waals surface area contributed by atoms with Gasteiger partial charge in [0.25, 0.3) is 5.69 Å². The average Bonchev–Trinajstić information content (AvgIpc) is 2.32. The molecule has 2 rings (SSSR count). The minimum Gasteiger partial charge on any atom is -0.398 e. The van der Waals surface area contributed by atoms with Crippen LogP contribution in [-0.4, -0.2) is 4.92 Å². The molecular formula is C13H12ClN3O2. The highest BCUT2D eigenvalue weighted by molar-refractivity contribution is 6.33. The summed E-state index contributed by atoms with van der Waals surface area (Å²) in [5.74, 6) is 0. The second-order valence-corrected chi connectivity index (χ2v) is 4.59. The molecule has 0 radical (unpaired) electrons. The summed E-state index contributed by atoms with van der Waals surface area (Å²) in [5.41, 5.74) is 8.13. The number of nitrogens with zero attached hydrogens (tertiary/aromatic N) is 1. The van der Waals surface area contributed by atoms with Gasteiger partial charge in [-0.25, -0.2) is 0 Å². The molecule has 0 amide bonds. The quantitative estimate of drug-likeness (QED) is 0.507. The molecule has 2 aromatic carbocycles. The van der Waals surface area contributed by atoms with Gasteiger partial charge in [-0.3, -0.25) is 10.1 Å². The van der Waals surface area contributed by atoms with E-state index in [1.165, 1.54) is 12.1 Å². The van der Waals surface area contributed by atoms with E-state index in [0.29, 0.717) is 22.1 Å². The van der Waals surface area contributed by atoms with Crippen molar-refractivity contribution in [2.75, 3.05) is 11.1 Å². The highest BCUT2D eigenvalue weighted by Crippen LogP contribution is 2.29.